The molecular formula is C28H42N8O6. The second kappa shape index (κ2) is 18.1. The van der Waals surface area contributed by atoms with Crippen molar-refractivity contribution in [2.75, 3.05) is 13.1 Å². The number of carboxylic acid groups (broad SMARTS) is 1. The molecule has 0 fully saturated rings. The molecule has 0 bridgehead atoms. The van der Waals surface area contributed by atoms with Gasteiger partial charge in [-0.3, -0.25) is 29.0 Å². The summed E-state index contributed by atoms with van der Waals surface area (Å²) in [6.07, 6.45) is 3.79. The molecule has 2 rings (SSSR count). The average molecular weight is 587 g/mol. The van der Waals surface area contributed by atoms with E-state index in [9.17, 15) is 29.1 Å². The third-order valence-corrected chi connectivity index (χ3v) is 6.37. The summed E-state index contributed by atoms with van der Waals surface area (Å²) < 4.78 is 0. The lowest BCUT2D eigenvalue weighted by Crippen LogP contribution is -2.54. The van der Waals surface area contributed by atoms with Crippen LogP contribution in [0.15, 0.2) is 47.5 Å². The molecule has 0 radical (unpaired) electrons. The molecule has 0 saturated carbocycles. The monoisotopic (exact) mass is 586 g/mol. The van der Waals surface area contributed by atoms with E-state index in [1.54, 1.807) is 12.2 Å². The molecule has 4 atom stereocenters. The highest BCUT2D eigenvalue weighted by Crippen LogP contribution is 2.06. The number of nitrogens with one attached hydrogen (secondary N) is 5. The van der Waals surface area contributed by atoms with Crippen LogP contribution in [0.4, 0.5) is 0 Å². The predicted octanol–water partition coefficient (Wildman–Crippen LogP) is -0.996. The van der Waals surface area contributed by atoms with Gasteiger partial charge in [-0.25, -0.2) is 0 Å². The van der Waals surface area contributed by atoms with Gasteiger partial charge in [0.15, 0.2) is 5.96 Å². The molecule has 4 amide bonds. The number of aliphatic imine (C=N–C) groups is 1. The Bertz CT molecular complexity index is 1120. The van der Waals surface area contributed by atoms with E-state index < -0.39 is 42.2 Å². The first kappa shape index (κ1) is 33.7. The first-order chi connectivity index (χ1) is 20.0. The lowest BCUT2D eigenvalue weighted by atomic mass is 10.1. The van der Waals surface area contributed by atoms with Crippen molar-refractivity contribution >= 4 is 35.6 Å². The molecular weight excluding hydrogens is 544 g/mol. The number of benzene rings is 1. The van der Waals surface area contributed by atoms with Gasteiger partial charge < -0.3 is 43.2 Å². The highest BCUT2D eigenvalue weighted by Gasteiger charge is 2.29. The third kappa shape index (κ3) is 13.7. The summed E-state index contributed by atoms with van der Waals surface area (Å²) in [6.45, 7) is 2.87. The summed E-state index contributed by atoms with van der Waals surface area (Å²) in [5, 5.41) is 23.3. The van der Waals surface area contributed by atoms with Crippen molar-refractivity contribution < 1.29 is 29.1 Å². The van der Waals surface area contributed by atoms with Crippen molar-refractivity contribution in [3.05, 3.63) is 48.0 Å². The number of nitrogens with two attached hydrogens (primary N) is 2. The Morgan fingerprint density at radius 1 is 1.07 bits per heavy atom. The lowest BCUT2D eigenvalue weighted by molar-refractivity contribution is -0.141. The predicted molar refractivity (Wildman–Crippen MR) is 157 cm³/mol. The minimum atomic E-state index is -1.43. The van der Waals surface area contributed by atoms with E-state index in [0.717, 1.165) is 5.56 Å². The van der Waals surface area contributed by atoms with E-state index in [0.29, 0.717) is 25.9 Å². The second-order valence-corrected chi connectivity index (χ2v) is 10.1. The first-order valence-electron chi connectivity index (χ1n) is 13.9. The molecule has 10 N–H and O–H groups in total. The van der Waals surface area contributed by atoms with Crippen molar-refractivity contribution in [1.29, 1.82) is 0 Å². The number of carbonyl (C=O) groups excluding carboxylic acids is 4. The van der Waals surface area contributed by atoms with Crippen molar-refractivity contribution in [2.24, 2.45) is 16.5 Å². The third-order valence-electron chi connectivity index (χ3n) is 6.37. The minimum absolute atomic E-state index is 0.00344. The fourth-order valence-corrected chi connectivity index (χ4v) is 4.21. The lowest BCUT2D eigenvalue weighted by Gasteiger charge is -2.23. The van der Waals surface area contributed by atoms with Crippen LogP contribution in [-0.4, -0.2) is 77.9 Å². The van der Waals surface area contributed by atoms with Crippen molar-refractivity contribution in [2.45, 2.75) is 76.2 Å². The quantitative estimate of drug-likeness (QED) is 0.0767. The van der Waals surface area contributed by atoms with E-state index in [1.165, 1.54) is 0 Å². The molecule has 1 aromatic rings. The summed E-state index contributed by atoms with van der Waals surface area (Å²) in [4.78, 5) is 66.9. The maximum absolute atomic E-state index is 13.1. The van der Waals surface area contributed by atoms with Crippen LogP contribution in [0.1, 0.15) is 51.0 Å². The van der Waals surface area contributed by atoms with Crippen LogP contribution in [0.3, 0.4) is 0 Å². The van der Waals surface area contributed by atoms with Gasteiger partial charge in [-0.1, -0.05) is 42.5 Å². The summed E-state index contributed by atoms with van der Waals surface area (Å²) in [7, 11) is 0. The van der Waals surface area contributed by atoms with Gasteiger partial charge in [-0.2, -0.15) is 0 Å². The van der Waals surface area contributed by atoms with Crippen LogP contribution in [0.5, 0.6) is 0 Å². The zero-order valence-corrected chi connectivity index (χ0v) is 23.8. The average Bonchev–Trinajstić information content (AvgIpc) is 2.93. The van der Waals surface area contributed by atoms with Crippen LogP contribution in [-0.2, 0) is 30.5 Å². The maximum atomic E-state index is 13.1. The smallest absolute Gasteiger partial charge is 0.305 e. The molecule has 1 heterocycles. The van der Waals surface area contributed by atoms with E-state index in [2.05, 4.69) is 31.6 Å². The van der Waals surface area contributed by atoms with Crippen LogP contribution >= 0.6 is 0 Å². The molecule has 42 heavy (non-hydrogen) atoms. The Labute approximate surface area is 245 Å². The van der Waals surface area contributed by atoms with E-state index in [1.807, 2.05) is 37.3 Å². The highest BCUT2D eigenvalue weighted by atomic mass is 16.4. The van der Waals surface area contributed by atoms with Crippen molar-refractivity contribution in [3.63, 3.8) is 0 Å². The molecule has 0 aliphatic carbocycles. The molecule has 0 spiro atoms. The number of carboxylic acids is 1. The number of nitrogens with zero attached hydrogens (tertiary/aromatic N) is 1. The number of guanidine groups is 1. The van der Waals surface area contributed by atoms with Gasteiger partial charge in [-0.15, -0.1) is 0 Å². The minimum Gasteiger partial charge on any atom is -0.481 e. The number of amides is 4. The summed E-state index contributed by atoms with van der Waals surface area (Å²) in [5.41, 5.74) is 11.6. The molecule has 1 aliphatic heterocycles. The largest absolute Gasteiger partial charge is 0.481 e. The maximum Gasteiger partial charge on any atom is 0.305 e. The zero-order valence-electron chi connectivity index (χ0n) is 23.8. The molecule has 3 unspecified atom stereocenters. The van der Waals surface area contributed by atoms with Gasteiger partial charge in [0.25, 0.3) is 0 Å². The van der Waals surface area contributed by atoms with Crippen LogP contribution in [0.25, 0.3) is 0 Å². The molecule has 230 valence electrons. The van der Waals surface area contributed by atoms with Crippen molar-refractivity contribution in [3.8, 4) is 0 Å². The van der Waals surface area contributed by atoms with Crippen LogP contribution in [0.2, 0.25) is 0 Å². The standard InChI is InChI=1S/C28H42N8O6/c1-18-16-32-20(10-6-14-31-28(29)30)9-5-11-23(37)35-22(15-25(39)40)27(42)36-21(12-13-24(38)34-18)26(41)33-17-19-7-3-2-4-8-19/h2-5,7-9,18,20-22,32H,6,10-17H2,1H3,(H,33,41)(H,34,38)(H,35,37)(H,36,42)(H,39,40)(H4,29,30,31)/t18-,20?,21?,22?/m0/s1. The van der Waals surface area contributed by atoms with Gasteiger partial charge in [0.05, 0.1) is 6.42 Å². The highest BCUT2D eigenvalue weighted by molar-refractivity contribution is 5.94. The Kier molecular flexibility index (Phi) is 14.5. The molecule has 14 heteroatoms. The van der Waals surface area contributed by atoms with E-state index in [4.69, 9.17) is 11.5 Å². The van der Waals surface area contributed by atoms with Crippen molar-refractivity contribution in [1.82, 2.24) is 26.6 Å². The zero-order chi connectivity index (χ0) is 30.9. The normalized spacial score (nSPS) is 22.5. The Balaban J connectivity index is 2.19. The van der Waals surface area contributed by atoms with Gasteiger partial charge >= 0.3 is 5.97 Å². The summed E-state index contributed by atoms with van der Waals surface area (Å²) in [6, 6.07) is 6.14. The Morgan fingerprint density at radius 3 is 2.50 bits per heavy atom. The number of aliphatic carboxylic acids is 1. The fourth-order valence-electron chi connectivity index (χ4n) is 4.21. The van der Waals surface area contributed by atoms with E-state index >= 15 is 0 Å². The number of hydrogen-bond acceptors (Lipinski definition) is 7. The molecule has 1 aromatic carbocycles. The van der Waals surface area contributed by atoms with Gasteiger partial charge in [-0.05, 0) is 31.7 Å². The topological polar surface area (TPSA) is 230 Å². The van der Waals surface area contributed by atoms with Gasteiger partial charge in [0.2, 0.25) is 23.6 Å². The number of hydrogen-bond donors (Lipinski definition) is 8. The molecule has 0 saturated heterocycles. The first-order valence-corrected chi connectivity index (χ1v) is 13.9. The second-order valence-electron chi connectivity index (χ2n) is 10.1. The van der Waals surface area contributed by atoms with Gasteiger partial charge in [0, 0.05) is 44.6 Å². The molecule has 1 aliphatic rings. The molecule has 0 aromatic heterocycles. The van der Waals surface area contributed by atoms with Crippen LogP contribution in [0, 0.1) is 0 Å². The summed E-state index contributed by atoms with van der Waals surface area (Å²) >= 11 is 0. The number of rotatable bonds is 9. The summed E-state index contributed by atoms with van der Waals surface area (Å²) in [5.74, 6) is -3.58. The van der Waals surface area contributed by atoms with Crippen LogP contribution < -0.4 is 38.1 Å². The SMILES string of the molecule is C[C@H]1CNC(CCCN=C(N)N)C=CCC(=O)NC(CC(=O)O)C(=O)NC(C(=O)NCc2ccccc2)CCC(=O)N1. The number of carbonyl (C=O) groups is 5. The Hall–Kier alpha value is -4.46. The molecule has 14 nitrogen and oxygen atoms in total. The van der Waals surface area contributed by atoms with Gasteiger partial charge in [0.1, 0.15) is 12.1 Å². The fraction of sp³-hybridized carbons (Fsp3) is 0.500. The van der Waals surface area contributed by atoms with E-state index in [-0.39, 0.29) is 49.8 Å². The Morgan fingerprint density at radius 2 is 1.81 bits per heavy atom.